The van der Waals surface area contributed by atoms with Gasteiger partial charge in [-0.25, -0.2) is 4.79 Å². The summed E-state index contributed by atoms with van der Waals surface area (Å²) in [4.78, 5) is 23.3. The number of thioether (sulfide) groups is 1. The van der Waals surface area contributed by atoms with Crippen LogP contribution in [0.3, 0.4) is 0 Å². The Balaban J connectivity index is 2.25. The fraction of sp³-hybridized carbons (Fsp3) is 0.133. The first kappa shape index (κ1) is 15.8. The van der Waals surface area contributed by atoms with Crippen LogP contribution in [0.2, 0.25) is 0 Å². The third-order valence-electron chi connectivity index (χ3n) is 2.87. The van der Waals surface area contributed by atoms with Crippen molar-refractivity contribution in [2.45, 2.75) is 4.90 Å². The molecule has 6 nitrogen and oxygen atoms in total. The number of nitro benzene ring substituents is 1. The number of ether oxygens (including phenoxy) is 2. The number of nitro groups is 1. The molecule has 0 heterocycles. The molecule has 0 aliphatic carbocycles. The van der Waals surface area contributed by atoms with E-state index in [0.717, 1.165) is 4.90 Å². The molecule has 0 fully saturated rings. The van der Waals surface area contributed by atoms with Gasteiger partial charge in [0.1, 0.15) is 17.1 Å². The van der Waals surface area contributed by atoms with E-state index in [1.807, 2.05) is 6.26 Å². The van der Waals surface area contributed by atoms with E-state index in [-0.39, 0.29) is 17.0 Å². The van der Waals surface area contributed by atoms with Crippen molar-refractivity contribution in [3.05, 3.63) is 58.1 Å². The molecule has 0 saturated heterocycles. The molecule has 22 heavy (non-hydrogen) atoms. The van der Waals surface area contributed by atoms with E-state index >= 15 is 0 Å². The lowest BCUT2D eigenvalue weighted by Gasteiger charge is -2.09. The largest absolute Gasteiger partial charge is 0.496 e. The zero-order valence-electron chi connectivity index (χ0n) is 11.9. The molecule has 114 valence electrons. The molecule has 0 spiro atoms. The first-order valence-corrected chi connectivity index (χ1v) is 7.46. The topological polar surface area (TPSA) is 78.7 Å². The van der Waals surface area contributed by atoms with Crippen LogP contribution in [0.4, 0.5) is 5.69 Å². The van der Waals surface area contributed by atoms with Crippen molar-refractivity contribution in [2.75, 3.05) is 13.4 Å². The number of non-ortho nitro benzene ring substituents is 1. The Morgan fingerprint density at radius 2 is 2.00 bits per heavy atom. The molecule has 0 aliphatic rings. The first-order chi connectivity index (χ1) is 10.5. The molecule has 7 heteroatoms. The Labute approximate surface area is 131 Å². The second-order valence-corrected chi connectivity index (χ2v) is 5.09. The van der Waals surface area contributed by atoms with Crippen LogP contribution in [0.15, 0.2) is 47.4 Å². The summed E-state index contributed by atoms with van der Waals surface area (Å²) >= 11 is 1.52. The number of methoxy groups -OCH3 is 1. The van der Waals surface area contributed by atoms with Gasteiger partial charge < -0.3 is 9.47 Å². The second kappa shape index (κ2) is 6.95. The van der Waals surface area contributed by atoms with E-state index in [1.54, 1.807) is 18.2 Å². The van der Waals surface area contributed by atoms with E-state index in [0.29, 0.717) is 5.75 Å². The highest BCUT2D eigenvalue weighted by atomic mass is 32.2. The van der Waals surface area contributed by atoms with Crippen molar-refractivity contribution >= 4 is 23.4 Å². The van der Waals surface area contributed by atoms with Crippen LogP contribution in [0.1, 0.15) is 10.4 Å². The minimum Gasteiger partial charge on any atom is -0.496 e. The predicted molar refractivity (Wildman–Crippen MR) is 82.8 cm³/mol. The molecule has 0 radical (unpaired) electrons. The van der Waals surface area contributed by atoms with Crippen molar-refractivity contribution in [1.82, 2.24) is 0 Å². The zero-order valence-corrected chi connectivity index (χ0v) is 12.8. The second-order valence-electron chi connectivity index (χ2n) is 4.21. The molecule has 2 rings (SSSR count). The minimum absolute atomic E-state index is 0.107. The molecule has 2 aromatic rings. The number of rotatable bonds is 5. The average molecular weight is 319 g/mol. The van der Waals surface area contributed by atoms with Gasteiger partial charge in [0.25, 0.3) is 5.69 Å². The molecule has 0 unspecified atom stereocenters. The Hall–Kier alpha value is -2.54. The average Bonchev–Trinajstić information content (AvgIpc) is 2.54. The summed E-state index contributed by atoms with van der Waals surface area (Å²) in [7, 11) is 1.46. The molecule has 0 saturated carbocycles. The van der Waals surface area contributed by atoms with Gasteiger partial charge in [-0.15, -0.1) is 11.8 Å². The van der Waals surface area contributed by atoms with Crippen molar-refractivity contribution in [3.8, 4) is 11.5 Å². The van der Waals surface area contributed by atoms with E-state index in [2.05, 4.69) is 0 Å². The van der Waals surface area contributed by atoms with Crippen LogP contribution < -0.4 is 9.47 Å². The van der Waals surface area contributed by atoms with Gasteiger partial charge in [-0.3, -0.25) is 10.1 Å². The van der Waals surface area contributed by atoms with E-state index in [1.165, 1.54) is 43.1 Å². The predicted octanol–water partition coefficient (Wildman–Crippen LogP) is 3.54. The molecule has 0 amide bonds. The van der Waals surface area contributed by atoms with E-state index in [4.69, 9.17) is 9.47 Å². The Morgan fingerprint density at radius 1 is 1.23 bits per heavy atom. The van der Waals surface area contributed by atoms with Gasteiger partial charge in [-0.1, -0.05) is 6.07 Å². The van der Waals surface area contributed by atoms with Crippen molar-refractivity contribution in [2.24, 2.45) is 0 Å². The normalized spacial score (nSPS) is 10.1. The maximum atomic E-state index is 12.2. The first-order valence-electron chi connectivity index (χ1n) is 6.24. The zero-order chi connectivity index (χ0) is 16.1. The quantitative estimate of drug-likeness (QED) is 0.276. The van der Waals surface area contributed by atoms with Crippen LogP contribution in [0.5, 0.6) is 11.5 Å². The van der Waals surface area contributed by atoms with Crippen molar-refractivity contribution in [3.63, 3.8) is 0 Å². The number of hydrogen-bond acceptors (Lipinski definition) is 6. The van der Waals surface area contributed by atoms with E-state index in [9.17, 15) is 14.9 Å². The maximum absolute atomic E-state index is 12.2. The molecule has 0 aliphatic heterocycles. The molecule has 2 aromatic carbocycles. The maximum Gasteiger partial charge on any atom is 0.347 e. The highest BCUT2D eigenvalue weighted by Gasteiger charge is 2.16. The summed E-state index contributed by atoms with van der Waals surface area (Å²) in [5, 5.41) is 10.7. The third-order valence-corrected chi connectivity index (χ3v) is 3.59. The standard InChI is InChI=1S/C15H13NO5S/c1-20-14-9-12(22-2)6-7-13(14)15(17)21-11-5-3-4-10(8-11)16(18)19/h3-9H,1-2H3. The summed E-state index contributed by atoms with van der Waals surface area (Å²) in [5.74, 6) is -0.137. The van der Waals surface area contributed by atoms with Crippen LogP contribution in [0, 0.1) is 10.1 Å². The summed E-state index contributed by atoms with van der Waals surface area (Å²) in [6, 6.07) is 10.6. The number of benzene rings is 2. The summed E-state index contributed by atoms with van der Waals surface area (Å²) in [6.45, 7) is 0. The van der Waals surface area contributed by atoms with Gasteiger partial charge in [0.05, 0.1) is 18.1 Å². The van der Waals surface area contributed by atoms with Gasteiger partial charge in [0, 0.05) is 11.0 Å². The Bertz CT molecular complexity index is 717. The number of esters is 1. The highest BCUT2D eigenvalue weighted by molar-refractivity contribution is 7.98. The lowest BCUT2D eigenvalue weighted by Crippen LogP contribution is -2.10. The van der Waals surface area contributed by atoms with Gasteiger partial charge in [-0.05, 0) is 30.5 Å². The van der Waals surface area contributed by atoms with Crippen LogP contribution in [0.25, 0.3) is 0 Å². The molecule has 0 bridgehead atoms. The molecule has 0 N–H and O–H groups in total. The highest BCUT2D eigenvalue weighted by Crippen LogP contribution is 2.27. The molecular formula is C15H13NO5S. The minimum atomic E-state index is -0.634. The number of nitrogens with zero attached hydrogens (tertiary/aromatic N) is 1. The van der Waals surface area contributed by atoms with E-state index < -0.39 is 10.9 Å². The summed E-state index contributed by atoms with van der Waals surface area (Å²) < 4.78 is 10.4. The van der Waals surface area contributed by atoms with Gasteiger partial charge in [0.15, 0.2) is 0 Å². The Morgan fingerprint density at radius 3 is 2.64 bits per heavy atom. The Kier molecular flexibility index (Phi) is 5.00. The molecular weight excluding hydrogens is 306 g/mol. The SMILES string of the molecule is COc1cc(SC)ccc1C(=O)Oc1cccc([N+](=O)[O-])c1. The van der Waals surface area contributed by atoms with Crippen molar-refractivity contribution < 1.29 is 19.2 Å². The summed E-state index contributed by atoms with van der Waals surface area (Å²) in [5.41, 5.74) is 0.113. The fourth-order valence-corrected chi connectivity index (χ4v) is 2.22. The smallest absolute Gasteiger partial charge is 0.347 e. The van der Waals surface area contributed by atoms with Gasteiger partial charge in [-0.2, -0.15) is 0 Å². The monoisotopic (exact) mass is 319 g/mol. The number of carbonyl (C=O) groups excluding carboxylic acids is 1. The van der Waals surface area contributed by atoms with Crippen molar-refractivity contribution in [1.29, 1.82) is 0 Å². The van der Waals surface area contributed by atoms with Crippen LogP contribution >= 0.6 is 11.8 Å². The third kappa shape index (κ3) is 3.56. The number of carbonyl (C=O) groups is 1. The van der Waals surface area contributed by atoms with Crippen LogP contribution in [-0.2, 0) is 0 Å². The molecule has 0 aromatic heterocycles. The van der Waals surface area contributed by atoms with Crippen LogP contribution in [-0.4, -0.2) is 24.3 Å². The lowest BCUT2D eigenvalue weighted by molar-refractivity contribution is -0.384. The molecule has 0 atom stereocenters. The fourth-order valence-electron chi connectivity index (χ4n) is 1.79. The van der Waals surface area contributed by atoms with Gasteiger partial charge in [0.2, 0.25) is 0 Å². The van der Waals surface area contributed by atoms with Gasteiger partial charge >= 0.3 is 5.97 Å². The summed E-state index contributed by atoms with van der Waals surface area (Å²) in [6.07, 6.45) is 1.91. The number of hydrogen-bond donors (Lipinski definition) is 0. The lowest BCUT2D eigenvalue weighted by atomic mass is 10.2.